The molecule has 0 bridgehead atoms. The predicted octanol–water partition coefficient (Wildman–Crippen LogP) is 4.35. The predicted molar refractivity (Wildman–Crippen MR) is 88.7 cm³/mol. The lowest BCUT2D eigenvalue weighted by Crippen LogP contribution is -2.22. The van der Waals surface area contributed by atoms with Crippen LogP contribution in [0.15, 0.2) is 35.1 Å². The Morgan fingerprint density at radius 3 is 2.90 bits per heavy atom. The SMILES string of the molecule is CCCn1cc(Oc2ccc(Br)cc2CNC(C)C)cn1. The van der Waals surface area contributed by atoms with Crippen LogP contribution in [0.25, 0.3) is 0 Å². The quantitative estimate of drug-likeness (QED) is 0.805. The second-order valence-corrected chi connectivity index (χ2v) is 6.24. The Kier molecular flexibility index (Phi) is 5.82. The minimum atomic E-state index is 0.434. The van der Waals surface area contributed by atoms with Gasteiger partial charge >= 0.3 is 0 Å². The third-order valence-corrected chi connectivity index (χ3v) is 3.51. The Hall–Kier alpha value is -1.33. The highest BCUT2D eigenvalue weighted by molar-refractivity contribution is 9.10. The van der Waals surface area contributed by atoms with Gasteiger partial charge in [0.15, 0.2) is 5.75 Å². The molecule has 0 aliphatic carbocycles. The fraction of sp³-hybridized carbons (Fsp3) is 0.438. The Labute approximate surface area is 134 Å². The molecule has 0 amide bonds. The molecule has 1 aromatic heterocycles. The first-order valence-electron chi connectivity index (χ1n) is 7.30. The van der Waals surface area contributed by atoms with Gasteiger partial charge in [-0.05, 0) is 24.6 Å². The number of halogens is 1. The zero-order valence-corrected chi connectivity index (χ0v) is 14.4. The summed E-state index contributed by atoms with van der Waals surface area (Å²) < 4.78 is 8.94. The van der Waals surface area contributed by atoms with Crippen LogP contribution < -0.4 is 10.1 Å². The van der Waals surface area contributed by atoms with Gasteiger partial charge < -0.3 is 10.1 Å². The molecule has 4 nitrogen and oxygen atoms in total. The second kappa shape index (κ2) is 7.61. The molecule has 21 heavy (non-hydrogen) atoms. The lowest BCUT2D eigenvalue weighted by Gasteiger charge is -2.13. The van der Waals surface area contributed by atoms with E-state index in [1.165, 1.54) is 0 Å². The summed E-state index contributed by atoms with van der Waals surface area (Å²) in [5, 5.41) is 7.71. The van der Waals surface area contributed by atoms with Crippen molar-refractivity contribution in [2.24, 2.45) is 0 Å². The van der Waals surface area contributed by atoms with Crippen molar-refractivity contribution in [3.05, 3.63) is 40.6 Å². The molecule has 0 radical (unpaired) electrons. The summed E-state index contributed by atoms with van der Waals surface area (Å²) in [5.74, 6) is 1.64. The number of aromatic nitrogens is 2. The number of ether oxygens (including phenoxy) is 1. The molecule has 0 aliphatic rings. The van der Waals surface area contributed by atoms with Crippen molar-refractivity contribution in [3.63, 3.8) is 0 Å². The van der Waals surface area contributed by atoms with Crippen LogP contribution in [0.4, 0.5) is 0 Å². The molecule has 1 heterocycles. The van der Waals surface area contributed by atoms with Gasteiger partial charge in [-0.2, -0.15) is 5.10 Å². The van der Waals surface area contributed by atoms with Crippen LogP contribution in [-0.4, -0.2) is 15.8 Å². The number of benzene rings is 1. The zero-order valence-electron chi connectivity index (χ0n) is 12.8. The molecule has 0 spiro atoms. The van der Waals surface area contributed by atoms with Gasteiger partial charge in [0.25, 0.3) is 0 Å². The number of rotatable bonds is 7. The van der Waals surface area contributed by atoms with E-state index >= 15 is 0 Å². The van der Waals surface area contributed by atoms with Gasteiger partial charge in [0.1, 0.15) is 5.75 Å². The van der Waals surface area contributed by atoms with Gasteiger partial charge in [0.2, 0.25) is 0 Å². The largest absolute Gasteiger partial charge is 0.454 e. The van der Waals surface area contributed by atoms with E-state index in [1.807, 2.05) is 23.0 Å². The number of nitrogens with one attached hydrogen (secondary N) is 1. The topological polar surface area (TPSA) is 39.1 Å². The molecule has 2 rings (SSSR count). The van der Waals surface area contributed by atoms with Crippen molar-refractivity contribution >= 4 is 15.9 Å². The van der Waals surface area contributed by atoms with Crippen LogP contribution in [0.3, 0.4) is 0 Å². The van der Waals surface area contributed by atoms with Crippen molar-refractivity contribution < 1.29 is 4.74 Å². The molecule has 2 aromatic rings. The summed E-state index contributed by atoms with van der Waals surface area (Å²) >= 11 is 3.51. The summed E-state index contributed by atoms with van der Waals surface area (Å²) in [6.07, 6.45) is 4.76. The molecule has 1 aromatic carbocycles. The first-order valence-corrected chi connectivity index (χ1v) is 8.10. The summed E-state index contributed by atoms with van der Waals surface area (Å²) in [5.41, 5.74) is 1.13. The molecule has 0 aliphatic heterocycles. The van der Waals surface area contributed by atoms with E-state index in [-0.39, 0.29) is 0 Å². The number of hydrogen-bond acceptors (Lipinski definition) is 3. The minimum absolute atomic E-state index is 0.434. The van der Waals surface area contributed by atoms with E-state index in [9.17, 15) is 0 Å². The second-order valence-electron chi connectivity index (χ2n) is 5.33. The number of aryl methyl sites for hydroxylation is 1. The van der Waals surface area contributed by atoms with E-state index in [4.69, 9.17) is 4.74 Å². The van der Waals surface area contributed by atoms with Gasteiger partial charge in [-0.3, -0.25) is 4.68 Å². The van der Waals surface area contributed by atoms with Crippen molar-refractivity contribution in [1.29, 1.82) is 0 Å². The Morgan fingerprint density at radius 2 is 2.19 bits per heavy atom. The molecule has 0 atom stereocenters. The Morgan fingerprint density at radius 1 is 1.38 bits per heavy atom. The van der Waals surface area contributed by atoms with Crippen LogP contribution in [-0.2, 0) is 13.1 Å². The maximum atomic E-state index is 5.98. The standard InChI is InChI=1S/C16H22BrN3O/c1-4-7-20-11-15(10-19-20)21-16-6-5-14(17)8-13(16)9-18-12(2)3/h5-6,8,10-12,18H,4,7,9H2,1-3H3. The third kappa shape index (κ3) is 4.86. The first-order chi connectivity index (χ1) is 10.1. The summed E-state index contributed by atoms with van der Waals surface area (Å²) in [7, 11) is 0. The van der Waals surface area contributed by atoms with E-state index in [2.05, 4.69) is 53.2 Å². The molecule has 0 saturated heterocycles. The van der Waals surface area contributed by atoms with Crippen molar-refractivity contribution in [2.45, 2.75) is 46.3 Å². The van der Waals surface area contributed by atoms with Crippen molar-refractivity contribution in [1.82, 2.24) is 15.1 Å². The lowest BCUT2D eigenvalue weighted by atomic mass is 10.2. The van der Waals surface area contributed by atoms with Crippen LogP contribution in [0, 0.1) is 0 Å². The maximum absolute atomic E-state index is 5.98. The number of nitrogens with zero attached hydrogens (tertiary/aromatic N) is 2. The number of hydrogen-bond donors (Lipinski definition) is 1. The highest BCUT2D eigenvalue weighted by Gasteiger charge is 2.08. The van der Waals surface area contributed by atoms with E-state index in [0.717, 1.165) is 41.0 Å². The molecule has 0 fully saturated rings. The van der Waals surface area contributed by atoms with Crippen LogP contribution in [0.5, 0.6) is 11.5 Å². The molecule has 114 valence electrons. The zero-order chi connectivity index (χ0) is 15.2. The Bertz CT molecular complexity index is 581. The molecule has 0 unspecified atom stereocenters. The normalized spacial score (nSPS) is 11.1. The summed E-state index contributed by atoms with van der Waals surface area (Å²) in [6, 6.07) is 6.49. The first kappa shape index (κ1) is 16.0. The summed E-state index contributed by atoms with van der Waals surface area (Å²) in [4.78, 5) is 0. The maximum Gasteiger partial charge on any atom is 0.165 e. The van der Waals surface area contributed by atoms with E-state index < -0.39 is 0 Å². The highest BCUT2D eigenvalue weighted by atomic mass is 79.9. The van der Waals surface area contributed by atoms with Gasteiger partial charge in [0.05, 0.1) is 12.4 Å². The van der Waals surface area contributed by atoms with Crippen LogP contribution >= 0.6 is 15.9 Å². The molecule has 1 N–H and O–H groups in total. The van der Waals surface area contributed by atoms with Crippen molar-refractivity contribution in [2.75, 3.05) is 0 Å². The smallest absolute Gasteiger partial charge is 0.165 e. The minimum Gasteiger partial charge on any atom is -0.454 e. The average molecular weight is 352 g/mol. The van der Waals surface area contributed by atoms with E-state index in [1.54, 1.807) is 6.20 Å². The third-order valence-electron chi connectivity index (χ3n) is 3.01. The van der Waals surface area contributed by atoms with Crippen LogP contribution in [0.1, 0.15) is 32.8 Å². The Balaban J connectivity index is 2.13. The molecule has 5 heteroatoms. The van der Waals surface area contributed by atoms with Gasteiger partial charge in [-0.15, -0.1) is 0 Å². The van der Waals surface area contributed by atoms with Gasteiger partial charge in [0, 0.05) is 29.2 Å². The summed E-state index contributed by atoms with van der Waals surface area (Å²) in [6.45, 7) is 8.08. The van der Waals surface area contributed by atoms with Crippen molar-refractivity contribution in [3.8, 4) is 11.5 Å². The molecular weight excluding hydrogens is 330 g/mol. The van der Waals surface area contributed by atoms with Gasteiger partial charge in [-0.1, -0.05) is 36.7 Å². The fourth-order valence-electron chi connectivity index (χ4n) is 1.98. The average Bonchev–Trinajstić information content (AvgIpc) is 2.87. The highest BCUT2D eigenvalue weighted by Crippen LogP contribution is 2.28. The molecular formula is C16H22BrN3O. The van der Waals surface area contributed by atoms with E-state index in [0.29, 0.717) is 6.04 Å². The van der Waals surface area contributed by atoms with Gasteiger partial charge in [-0.25, -0.2) is 0 Å². The lowest BCUT2D eigenvalue weighted by molar-refractivity contribution is 0.467. The fourth-order valence-corrected chi connectivity index (χ4v) is 2.38. The monoisotopic (exact) mass is 351 g/mol. The molecule has 0 saturated carbocycles. The van der Waals surface area contributed by atoms with Crippen LogP contribution in [0.2, 0.25) is 0 Å².